The number of sulfonamides is 1. The maximum Gasteiger partial charge on any atom is 0.243 e. The fourth-order valence-electron chi connectivity index (χ4n) is 2.85. The highest BCUT2D eigenvalue weighted by molar-refractivity contribution is 7.89. The van der Waals surface area contributed by atoms with Gasteiger partial charge in [-0.25, -0.2) is 12.8 Å². The molecule has 0 unspecified atom stereocenters. The van der Waals surface area contributed by atoms with Gasteiger partial charge in [0.1, 0.15) is 5.82 Å². The van der Waals surface area contributed by atoms with Crippen LogP contribution in [0.5, 0.6) is 0 Å². The fourth-order valence-corrected chi connectivity index (χ4v) is 4.82. The zero-order valence-corrected chi connectivity index (χ0v) is 13.3. The Balaban J connectivity index is 2.01. The van der Waals surface area contributed by atoms with Gasteiger partial charge in [-0.1, -0.05) is 35.9 Å². The van der Waals surface area contributed by atoms with Crippen molar-refractivity contribution in [2.75, 3.05) is 6.54 Å². The van der Waals surface area contributed by atoms with Gasteiger partial charge in [0.2, 0.25) is 10.0 Å². The van der Waals surface area contributed by atoms with Crippen molar-refractivity contribution in [3.8, 4) is 0 Å². The molecule has 0 N–H and O–H groups in total. The van der Waals surface area contributed by atoms with E-state index in [-0.39, 0.29) is 10.7 Å². The third-order valence-electron chi connectivity index (χ3n) is 3.87. The van der Waals surface area contributed by atoms with Gasteiger partial charge in [-0.15, -0.1) is 0 Å². The quantitative estimate of drug-likeness (QED) is 0.847. The summed E-state index contributed by atoms with van der Waals surface area (Å²) in [6, 6.07) is 12.0. The topological polar surface area (TPSA) is 37.4 Å². The van der Waals surface area contributed by atoms with Gasteiger partial charge in [-0.2, -0.15) is 4.31 Å². The van der Waals surface area contributed by atoms with Gasteiger partial charge < -0.3 is 0 Å². The molecular weight excluding hydrogens is 325 g/mol. The van der Waals surface area contributed by atoms with E-state index in [9.17, 15) is 12.8 Å². The van der Waals surface area contributed by atoms with Crippen LogP contribution >= 0.6 is 11.6 Å². The Labute approximate surface area is 134 Å². The molecule has 1 aliphatic heterocycles. The van der Waals surface area contributed by atoms with Gasteiger partial charge >= 0.3 is 0 Å². The van der Waals surface area contributed by atoms with Crippen molar-refractivity contribution in [2.24, 2.45) is 0 Å². The first-order valence-corrected chi connectivity index (χ1v) is 8.84. The van der Waals surface area contributed by atoms with Crippen LogP contribution in [0.4, 0.5) is 4.39 Å². The SMILES string of the molecule is O=S(=O)(c1cccc(Cl)c1)N1CCC[C@H]1c1ccccc1F. The van der Waals surface area contributed by atoms with Crippen LogP contribution < -0.4 is 0 Å². The zero-order chi connectivity index (χ0) is 15.7. The van der Waals surface area contributed by atoms with E-state index >= 15 is 0 Å². The van der Waals surface area contributed by atoms with Crippen molar-refractivity contribution in [3.63, 3.8) is 0 Å². The van der Waals surface area contributed by atoms with Crippen molar-refractivity contribution in [2.45, 2.75) is 23.8 Å². The van der Waals surface area contributed by atoms with Crippen LogP contribution in [0.15, 0.2) is 53.4 Å². The number of halogens is 2. The highest BCUT2D eigenvalue weighted by atomic mass is 35.5. The van der Waals surface area contributed by atoms with Crippen LogP contribution in [0, 0.1) is 5.82 Å². The Morgan fingerprint density at radius 3 is 2.64 bits per heavy atom. The van der Waals surface area contributed by atoms with Crippen LogP contribution in [0.2, 0.25) is 5.02 Å². The maximum atomic E-state index is 14.0. The van der Waals surface area contributed by atoms with Crippen LogP contribution in [0.25, 0.3) is 0 Å². The molecule has 1 atom stereocenters. The second-order valence-corrected chi connectivity index (χ2v) is 7.58. The third-order valence-corrected chi connectivity index (χ3v) is 6.01. The maximum absolute atomic E-state index is 14.0. The van der Waals surface area contributed by atoms with Crippen LogP contribution in [-0.4, -0.2) is 19.3 Å². The molecule has 0 saturated carbocycles. The van der Waals surface area contributed by atoms with E-state index in [1.807, 2.05) is 0 Å². The molecule has 1 heterocycles. The van der Waals surface area contributed by atoms with E-state index in [2.05, 4.69) is 0 Å². The van der Waals surface area contributed by atoms with Crippen molar-refractivity contribution in [1.82, 2.24) is 4.31 Å². The first-order valence-electron chi connectivity index (χ1n) is 7.02. The lowest BCUT2D eigenvalue weighted by atomic mass is 10.1. The average molecular weight is 340 g/mol. The van der Waals surface area contributed by atoms with E-state index in [0.717, 1.165) is 0 Å². The Morgan fingerprint density at radius 2 is 1.91 bits per heavy atom. The van der Waals surface area contributed by atoms with Gasteiger partial charge in [-0.05, 0) is 37.1 Å². The summed E-state index contributed by atoms with van der Waals surface area (Å²) >= 11 is 5.89. The van der Waals surface area contributed by atoms with Crippen molar-refractivity contribution < 1.29 is 12.8 Å². The molecule has 1 aliphatic rings. The minimum atomic E-state index is -3.69. The van der Waals surface area contributed by atoms with E-state index in [4.69, 9.17) is 11.6 Å². The molecule has 0 aromatic heterocycles. The smallest absolute Gasteiger partial charge is 0.207 e. The zero-order valence-electron chi connectivity index (χ0n) is 11.7. The van der Waals surface area contributed by atoms with Gasteiger partial charge in [0.25, 0.3) is 0 Å². The van der Waals surface area contributed by atoms with Crippen molar-refractivity contribution in [3.05, 3.63) is 64.9 Å². The standard InChI is InChI=1S/C16H15ClFNO2S/c17-12-5-3-6-13(11-12)22(20,21)19-10-4-9-16(19)14-7-1-2-8-15(14)18/h1-3,5-8,11,16H,4,9-10H2/t16-/m0/s1. The van der Waals surface area contributed by atoms with Gasteiger partial charge in [0.05, 0.1) is 10.9 Å². The summed E-state index contributed by atoms with van der Waals surface area (Å²) < 4.78 is 41.1. The summed E-state index contributed by atoms with van der Waals surface area (Å²) in [5.74, 6) is -0.374. The summed E-state index contributed by atoms with van der Waals surface area (Å²) in [5, 5.41) is 0.364. The van der Waals surface area contributed by atoms with Crippen LogP contribution in [-0.2, 0) is 10.0 Å². The van der Waals surface area contributed by atoms with Gasteiger partial charge in [0, 0.05) is 17.1 Å². The molecule has 0 spiro atoms. The second-order valence-electron chi connectivity index (χ2n) is 5.25. The monoisotopic (exact) mass is 339 g/mol. The van der Waals surface area contributed by atoms with Crippen LogP contribution in [0.3, 0.4) is 0 Å². The molecule has 0 amide bonds. The lowest BCUT2D eigenvalue weighted by Crippen LogP contribution is -2.31. The Morgan fingerprint density at radius 1 is 1.14 bits per heavy atom. The summed E-state index contributed by atoms with van der Waals surface area (Å²) in [4.78, 5) is 0.142. The molecule has 2 aromatic carbocycles. The lowest BCUT2D eigenvalue weighted by Gasteiger charge is -2.24. The van der Waals surface area contributed by atoms with E-state index in [1.165, 1.54) is 22.5 Å². The molecule has 2 aromatic rings. The molecule has 1 saturated heterocycles. The minimum absolute atomic E-state index is 0.142. The predicted molar refractivity (Wildman–Crippen MR) is 83.7 cm³/mol. The summed E-state index contributed by atoms with van der Waals surface area (Å²) in [5.41, 5.74) is 0.422. The Kier molecular flexibility index (Phi) is 4.21. The summed E-state index contributed by atoms with van der Waals surface area (Å²) in [6.45, 7) is 0.383. The van der Waals surface area contributed by atoms with Gasteiger partial charge in [-0.3, -0.25) is 0 Å². The van der Waals surface area contributed by atoms with E-state index in [1.54, 1.807) is 30.3 Å². The number of hydrogen-bond donors (Lipinski definition) is 0. The largest absolute Gasteiger partial charge is 0.243 e. The Bertz CT molecular complexity index is 794. The summed E-state index contributed by atoms with van der Waals surface area (Å²) in [7, 11) is -3.69. The van der Waals surface area contributed by atoms with Crippen LogP contribution in [0.1, 0.15) is 24.4 Å². The number of rotatable bonds is 3. The minimum Gasteiger partial charge on any atom is -0.207 e. The van der Waals surface area contributed by atoms with E-state index < -0.39 is 16.1 Å². The molecule has 3 rings (SSSR count). The molecule has 6 heteroatoms. The fraction of sp³-hybridized carbons (Fsp3) is 0.250. The first-order chi connectivity index (χ1) is 10.5. The predicted octanol–water partition coefficient (Wildman–Crippen LogP) is 4.00. The molecule has 0 aliphatic carbocycles. The third kappa shape index (κ3) is 2.76. The Hall–Kier alpha value is -1.43. The van der Waals surface area contributed by atoms with Gasteiger partial charge in [0.15, 0.2) is 0 Å². The van der Waals surface area contributed by atoms with Crippen molar-refractivity contribution >= 4 is 21.6 Å². The number of hydrogen-bond acceptors (Lipinski definition) is 2. The number of nitrogens with zero attached hydrogens (tertiary/aromatic N) is 1. The second kappa shape index (κ2) is 5.99. The molecule has 22 heavy (non-hydrogen) atoms. The molecule has 0 radical (unpaired) electrons. The first kappa shape index (κ1) is 15.5. The summed E-state index contributed by atoms with van der Waals surface area (Å²) in [6.07, 6.45) is 1.32. The molecule has 0 bridgehead atoms. The highest BCUT2D eigenvalue weighted by Crippen LogP contribution is 2.37. The van der Waals surface area contributed by atoms with E-state index in [0.29, 0.717) is 30.0 Å². The molecular formula is C16H15ClFNO2S. The normalized spacial score (nSPS) is 19.5. The number of benzene rings is 2. The van der Waals surface area contributed by atoms with Crippen molar-refractivity contribution in [1.29, 1.82) is 0 Å². The molecule has 1 fully saturated rings. The average Bonchev–Trinajstić information content (AvgIpc) is 2.98. The molecule has 116 valence electrons. The lowest BCUT2D eigenvalue weighted by molar-refractivity contribution is 0.386. The highest BCUT2D eigenvalue weighted by Gasteiger charge is 2.37. The molecule has 3 nitrogen and oxygen atoms in total.